The minimum absolute atomic E-state index is 0.202. The molecule has 1 aliphatic rings. The molecule has 1 fully saturated rings. The Kier molecular flexibility index (Phi) is 2.46. The minimum Gasteiger partial charge on any atom is -0.481 e. The number of halogens is 1. The maximum Gasteiger partial charge on any atom is 0.306 e. The van der Waals surface area contributed by atoms with Gasteiger partial charge in [-0.25, -0.2) is 4.39 Å². The van der Waals surface area contributed by atoms with Gasteiger partial charge in [-0.05, 0) is 37.0 Å². The molecule has 0 radical (unpaired) electrons. The zero-order valence-electron chi connectivity index (χ0n) is 8.90. The molecule has 0 saturated heterocycles. The fourth-order valence-electron chi connectivity index (χ4n) is 2.10. The molecule has 0 aromatic heterocycles. The fourth-order valence-corrected chi connectivity index (χ4v) is 2.10. The van der Waals surface area contributed by atoms with Crippen molar-refractivity contribution in [2.75, 3.05) is 0 Å². The zero-order chi connectivity index (χ0) is 11.9. The molecule has 0 unspecified atom stereocenters. The van der Waals surface area contributed by atoms with Gasteiger partial charge < -0.3 is 10.2 Å². The Bertz CT molecular complexity index is 436. The quantitative estimate of drug-likeness (QED) is 0.805. The van der Waals surface area contributed by atoms with Gasteiger partial charge in [0.2, 0.25) is 0 Å². The van der Waals surface area contributed by atoms with Gasteiger partial charge in [-0.3, -0.25) is 4.79 Å². The van der Waals surface area contributed by atoms with Gasteiger partial charge in [-0.2, -0.15) is 0 Å². The number of aliphatic hydroxyl groups is 1. The van der Waals surface area contributed by atoms with E-state index >= 15 is 0 Å². The highest BCUT2D eigenvalue weighted by atomic mass is 19.1. The average Bonchev–Trinajstić information content (AvgIpc) is 2.17. The van der Waals surface area contributed by atoms with Crippen LogP contribution in [0.15, 0.2) is 18.2 Å². The van der Waals surface area contributed by atoms with Gasteiger partial charge in [0, 0.05) is 0 Å². The highest BCUT2D eigenvalue weighted by Gasteiger charge is 2.47. The van der Waals surface area contributed by atoms with Crippen LogP contribution in [0, 0.1) is 18.7 Å². The molecule has 2 rings (SSSR count). The summed E-state index contributed by atoms with van der Waals surface area (Å²) in [7, 11) is 0. The van der Waals surface area contributed by atoms with Gasteiger partial charge in [0.05, 0.1) is 11.5 Å². The second-order valence-corrected chi connectivity index (χ2v) is 4.44. The van der Waals surface area contributed by atoms with Crippen LogP contribution in [0.3, 0.4) is 0 Å². The van der Waals surface area contributed by atoms with Crippen LogP contribution in [0.2, 0.25) is 0 Å². The van der Waals surface area contributed by atoms with Crippen LogP contribution in [0.1, 0.15) is 24.0 Å². The van der Waals surface area contributed by atoms with Crippen molar-refractivity contribution in [2.24, 2.45) is 5.92 Å². The first-order valence-electron chi connectivity index (χ1n) is 5.14. The SMILES string of the molecule is Cc1cc(C2(O)CC(C(=O)O)C2)ccc1F. The van der Waals surface area contributed by atoms with Crippen molar-refractivity contribution in [1.29, 1.82) is 0 Å². The summed E-state index contributed by atoms with van der Waals surface area (Å²) in [5, 5.41) is 18.9. The number of rotatable bonds is 2. The Hall–Kier alpha value is -1.42. The van der Waals surface area contributed by atoms with Crippen molar-refractivity contribution in [3.05, 3.63) is 35.1 Å². The predicted molar refractivity (Wildman–Crippen MR) is 55.4 cm³/mol. The van der Waals surface area contributed by atoms with E-state index in [0.717, 1.165) is 0 Å². The van der Waals surface area contributed by atoms with Crippen molar-refractivity contribution in [3.8, 4) is 0 Å². The lowest BCUT2D eigenvalue weighted by Crippen LogP contribution is -2.44. The maximum absolute atomic E-state index is 13.0. The van der Waals surface area contributed by atoms with Gasteiger partial charge in [0.15, 0.2) is 0 Å². The molecule has 86 valence electrons. The molecule has 0 amide bonds. The van der Waals surface area contributed by atoms with Crippen LogP contribution < -0.4 is 0 Å². The number of carboxylic acid groups (broad SMARTS) is 1. The van der Waals surface area contributed by atoms with E-state index in [1.54, 1.807) is 13.0 Å². The normalized spacial score (nSPS) is 28.6. The first kappa shape index (κ1) is 11.1. The highest BCUT2D eigenvalue weighted by Crippen LogP contribution is 2.45. The van der Waals surface area contributed by atoms with Crippen molar-refractivity contribution < 1.29 is 19.4 Å². The topological polar surface area (TPSA) is 57.5 Å². The summed E-state index contributed by atoms with van der Waals surface area (Å²) in [5.74, 6) is -1.69. The second-order valence-electron chi connectivity index (χ2n) is 4.44. The molecule has 4 heteroatoms. The fraction of sp³-hybridized carbons (Fsp3) is 0.417. The Morgan fingerprint density at radius 2 is 2.12 bits per heavy atom. The van der Waals surface area contributed by atoms with Crippen molar-refractivity contribution in [3.63, 3.8) is 0 Å². The molecule has 1 aromatic rings. The Labute approximate surface area is 92.5 Å². The van der Waals surface area contributed by atoms with E-state index in [1.807, 2.05) is 0 Å². The van der Waals surface area contributed by atoms with Gasteiger partial charge >= 0.3 is 5.97 Å². The van der Waals surface area contributed by atoms with Gasteiger partial charge in [0.25, 0.3) is 0 Å². The molecule has 0 atom stereocenters. The van der Waals surface area contributed by atoms with Crippen molar-refractivity contribution in [2.45, 2.75) is 25.4 Å². The van der Waals surface area contributed by atoms with E-state index in [9.17, 15) is 14.3 Å². The molecule has 2 N–H and O–H groups in total. The molecule has 3 nitrogen and oxygen atoms in total. The standard InChI is InChI=1S/C12H13FO3/c1-7-4-9(2-3-10(7)13)12(16)5-8(6-12)11(14)15/h2-4,8,16H,5-6H2,1H3,(H,14,15). The van der Waals surface area contributed by atoms with E-state index in [2.05, 4.69) is 0 Å². The van der Waals surface area contributed by atoms with Gasteiger partial charge in [0.1, 0.15) is 5.82 Å². The molecule has 1 aromatic carbocycles. The highest BCUT2D eigenvalue weighted by molar-refractivity contribution is 5.71. The van der Waals surface area contributed by atoms with Crippen LogP contribution in [0.4, 0.5) is 4.39 Å². The third kappa shape index (κ3) is 1.69. The first-order chi connectivity index (χ1) is 7.42. The van der Waals surface area contributed by atoms with Gasteiger partial charge in [-0.15, -0.1) is 0 Å². The molecular weight excluding hydrogens is 211 g/mol. The first-order valence-corrected chi connectivity index (χ1v) is 5.14. The maximum atomic E-state index is 13.0. The van der Waals surface area contributed by atoms with Crippen LogP contribution in [-0.2, 0) is 10.4 Å². The predicted octanol–water partition coefficient (Wildman–Crippen LogP) is 1.82. The lowest BCUT2D eigenvalue weighted by Gasteiger charge is -2.42. The summed E-state index contributed by atoms with van der Waals surface area (Å²) in [6, 6.07) is 4.39. The third-order valence-corrected chi connectivity index (χ3v) is 3.21. The van der Waals surface area contributed by atoms with Crippen LogP contribution in [0.25, 0.3) is 0 Å². The molecular formula is C12H13FO3. The monoisotopic (exact) mass is 224 g/mol. The number of benzene rings is 1. The largest absolute Gasteiger partial charge is 0.481 e. The van der Waals surface area contributed by atoms with E-state index in [4.69, 9.17) is 5.11 Å². The van der Waals surface area contributed by atoms with Crippen LogP contribution in [0.5, 0.6) is 0 Å². The Morgan fingerprint density at radius 1 is 1.50 bits per heavy atom. The van der Waals surface area contributed by atoms with E-state index < -0.39 is 17.5 Å². The number of carboxylic acids is 1. The number of carbonyl (C=O) groups is 1. The zero-order valence-corrected chi connectivity index (χ0v) is 8.90. The molecule has 1 aliphatic carbocycles. The lowest BCUT2D eigenvalue weighted by molar-refractivity contribution is -0.159. The van der Waals surface area contributed by atoms with E-state index in [-0.39, 0.29) is 18.7 Å². The summed E-state index contributed by atoms with van der Waals surface area (Å²) in [6.45, 7) is 1.62. The Balaban J connectivity index is 2.20. The molecule has 1 saturated carbocycles. The molecule has 16 heavy (non-hydrogen) atoms. The summed E-state index contributed by atoms with van der Waals surface area (Å²) in [5.41, 5.74) is -0.0322. The van der Waals surface area contributed by atoms with Crippen LogP contribution in [-0.4, -0.2) is 16.2 Å². The average molecular weight is 224 g/mol. The number of aliphatic carboxylic acids is 1. The summed E-state index contributed by atoms with van der Waals surface area (Å²) >= 11 is 0. The number of hydrogen-bond donors (Lipinski definition) is 2. The smallest absolute Gasteiger partial charge is 0.306 e. The minimum atomic E-state index is -1.10. The molecule has 0 heterocycles. The van der Waals surface area contributed by atoms with Crippen molar-refractivity contribution >= 4 is 5.97 Å². The van der Waals surface area contributed by atoms with Crippen LogP contribution >= 0.6 is 0 Å². The lowest BCUT2D eigenvalue weighted by atomic mass is 9.67. The Morgan fingerprint density at radius 3 is 2.62 bits per heavy atom. The molecule has 0 aliphatic heterocycles. The summed E-state index contributed by atoms with van der Waals surface area (Å²) in [4.78, 5) is 10.7. The molecule has 0 bridgehead atoms. The summed E-state index contributed by atoms with van der Waals surface area (Å²) < 4.78 is 13.0. The number of hydrogen-bond acceptors (Lipinski definition) is 2. The summed E-state index contributed by atoms with van der Waals surface area (Å²) in [6.07, 6.45) is 0.404. The van der Waals surface area contributed by atoms with Crippen molar-refractivity contribution in [1.82, 2.24) is 0 Å². The molecule has 0 spiro atoms. The second kappa shape index (κ2) is 3.56. The van der Waals surface area contributed by atoms with Gasteiger partial charge in [-0.1, -0.05) is 12.1 Å². The third-order valence-electron chi connectivity index (χ3n) is 3.21. The van der Waals surface area contributed by atoms with E-state index in [1.165, 1.54) is 12.1 Å². The number of aryl methyl sites for hydroxylation is 1. The van der Waals surface area contributed by atoms with E-state index in [0.29, 0.717) is 11.1 Å².